The minimum absolute atomic E-state index is 0.0164. The third kappa shape index (κ3) is 4.10. The van der Waals surface area contributed by atoms with Gasteiger partial charge in [0, 0.05) is 38.8 Å². The van der Waals surface area contributed by atoms with Gasteiger partial charge in [-0.15, -0.1) is 10.2 Å². The Labute approximate surface area is 145 Å². The van der Waals surface area contributed by atoms with Gasteiger partial charge in [-0.3, -0.25) is 9.59 Å². The highest BCUT2D eigenvalue weighted by molar-refractivity contribution is 5.98. The number of hydrogen-bond donors (Lipinski definition) is 0. The van der Waals surface area contributed by atoms with Crippen LogP contribution in [0.2, 0.25) is 0 Å². The van der Waals surface area contributed by atoms with Gasteiger partial charge in [0.25, 0.3) is 0 Å². The first-order valence-electron chi connectivity index (χ1n) is 8.40. The molecule has 0 bridgehead atoms. The number of amides is 1. The lowest BCUT2D eigenvalue weighted by Crippen LogP contribution is -2.38. The Bertz CT molecular complexity index is 766. The zero-order valence-corrected chi connectivity index (χ0v) is 14.1. The first kappa shape index (κ1) is 17.3. The summed E-state index contributed by atoms with van der Waals surface area (Å²) < 4.78 is 19.0. The lowest BCUT2D eigenvalue weighted by Gasteiger charge is -2.30. The van der Waals surface area contributed by atoms with E-state index in [4.69, 9.17) is 4.42 Å². The van der Waals surface area contributed by atoms with Crippen LogP contribution in [0.1, 0.15) is 53.7 Å². The Hall–Kier alpha value is -2.57. The van der Waals surface area contributed by atoms with Gasteiger partial charge in [0.2, 0.25) is 17.7 Å². The first-order chi connectivity index (χ1) is 12.0. The molecule has 0 radical (unpaired) electrons. The molecule has 2 aromatic rings. The topological polar surface area (TPSA) is 76.3 Å². The van der Waals surface area contributed by atoms with E-state index >= 15 is 0 Å². The number of carbonyl (C=O) groups excluding carboxylic acids is 2. The number of benzene rings is 1. The lowest BCUT2D eigenvalue weighted by atomic mass is 9.96. The molecule has 7 heteroatoms. The summed E-state index contributed by atoms with van der Waals surface area (Å²) in [5.41, 5.74) is 0.0424. The summed E-state index contributed by atoms with van der Waals surface area (Å²) in [5, 5.41) is 7.88. The molecule has 1 aliphatic heterocycles. The molecule has 1 aliphatic rings. The highest BCUT2D eigenvalue weighted by atomic mass is 19.1. The van der Waals surface area contributed by atoms with Crippen LogP contribution in [0.25, 0.3) is 0 Å². The maximum absolute atomic E-state index is 13.6. The van der Waals surface area contributed by atoms with Crippen molar-refractivity contribution in [1.82, 2.24) is 15.1 Å². The Balaban J connectivity index is 1.48. The van der Waals surface area contributed by atoms with Crippen LogP contribution in [-0.2, 0) is 4.79 Å². The number of aromatic nitrogens is 2. The van der Waals surface area contributed by atoms with Gasteiger partial charge in [0.05, 0.1) is 5.56 Å². The molecule has 2 heterocycles. The molecule has 0 unspecified atom stereocenters. The van der Waals surface area contributed by atoms with Crippen molar-refractivity contribution in [3.05, 3.63) is 47.4 Å². The number of halogens is 1. The van der Waals surface area contributed by atoms with Crippen LogP contribution in [0.3, 0.4) is 0 Å². The number of aryl methyl sites for hydroxylation is 1. The fourth-order valence-corrected chi connectivity index (χ4v) is 3.05. The predicted octanol–water partition coefficient (Wildman–Crippen LogP) is 2.89. The zero-order chi connectivity index (χ0) is 17.8. The van der Waals surface area contributed by atoms with Gasteiger partial charge in [-0.1, -0.05) is 12.1 Å². The number of ketones is 1. The van der Waals surface area contributed by atoms with Crippen molar-refractivity contribution in [2.45, 2.75) is 38.5 Å². The molecule has 25 heavy (non-hydrogen) atoms. The minimum atomic E-state index is -0.546. The van der Waals surface area contributed by atoms with Crippen LogP contribution in [0.5, 0.6) is 0 Å². The van der Waals surface area contributed by atoms with E-state index in [1.54, 1.807) is 17.9 Å². The molecule has 6 nitrogen and oxygen atoms in total. The Kier molecular flexibility index (Phi) is 5.21. The smallest absolute Gasteiger partial charge is 0.223 e. The van der Waals surface area contributed by atoms with Crippen molar-refractivity contribution in [2.75, 3.05) is 13.1 Å². The molecule has 0 spiro atoms. The van der Waals surface area contributed by atoms with E-state index in [0.717, 1.165) is 12.8 Å². The van der Waals surface area contributed by atoms with Crippen molar-refractivity contribution in [2.24, 2.45) is 0 Å². The summed E-state index contributed by atoms with van der Waals surface area (Å²) in [6.07, 6.45) is 1.63. The monoisotopic (exact) mass is 345 g/mol. The van der Waals surface area contributed by atoms with Crippen molar-refractivity contribution >= 4 is 11.7 Å². The quantitative estimate of drug-likeness (QED) is 0.779. The fourth-order valence-electron chi connectivity index (χ4n) is 3.05. The Morgan fingerprint density at radius 1 is 1.20 bits per heavy atom. The number of piperidine rings is 1. The van der Waals surface area contributed by atoms with Crippen molar-refractivity contribution in [3.8, 4) is 0 Å². The van der Waals surface area contributed by atoms with Crippen molar-refractivity contribution in [1.29, 1.82) is 0 Å². The third-order valence-corrected chi connectivity index (χ3v) is 4.48. The summed E-state index contributed by atoms with van der Waals surface area (Å²) in [7, 11) is 0. The van der Waals surface area contributed by atoms with Crippen LogP contribution in [0, 0.1) is 12.7 Å². The predicted molar refractivity (Wildman–Crippen MR) is 87.6 cm³/mol. The number of Topliss-reactive ketones (excluding diaryl/α,β-unsaturated/α-hetero) is 1. The highest BCUT2D eigenvalue weighted by Gasteiger charge is 2.27. The number of likely N-dealkylation sites (tertiary alicyclic amines) is 1. The van der Waals surface area contributed by atoms with Crippen LogP contribution in [0.15, 0.2) is 28.7 Å². The van der Waals surface area contributed by atoms with E-state index in [1.807, 2.05) is 0 Å². The maximum Gasteiger partial charge on any atom is 0.223 e. The number of hydrogen-bond acceptors (Lipinski definition) is 5. The molecule has 1 amide bonds. The number of rotatable bonds is 5. The van der Waals surface area contributed by atoms with Gasteiger partial charge in [0.1, 0.15) is 5.82 Å². The van der Waals surface area contributed by atoms with Crippen molar-refractivity contribution < 1.29 is 18.4 Å². The lowest BCUT2D eigenvalue weighted by molar-refractivity contribution is -0.132. The normalized spacial score (nSPS) is 15.4. The van der Waals surface area contributed by atoms with Crippen LogP contribution < -0.4 is 0 Å². The molecule has 0 aliphatic carbocycles. The molecule has 1 aromatic heterocycles. The van der Waals surface area contributed by atoms with Gasteiger partial charge in [0.15, 0.2) is 5.78 Å². The summed E-state index contributed by atoms with van der Waals surface area (Å²) in [6.45, 7) is 2.94. The van der Waals surface area contributed by atoms with Gasteiger partial charge in [-0.2, -0.15) is 0 Å². The van der Waals surface area contributed by atoms with E-state index in [1.165, 1.54) is 18.2 Å². The molecule has 0 saturated carbocycles. The molecule has 0 N–H and O–H groups in total. The van der Waals surface area contributed by atoms with Crippen LogP contribution in [-0.4, -0.2) is 39.9 Å². The molecular formula is C18H20FN3O3. The van der Waals surface area contributed by atoms with Crippen LogP contribution >= 0.6 is 0 Å². The third-order valence-electron chi connectivity index (χ3n) is 4.48. The minimum Gasteiger partial charge on any atom is -0.425 e. The molecule has 1 fully saturated rings. The van der Waals surface area contributed by atoms with Gasteiger partial charge < -0.3 is 9.32 Å². The average Bonchev–Trinajstić information content (AvgIpc) is 3.06. The first-order valence-corrected chi connectivity index (χ1v) is 8.40. The number of carbonyl (C=O) groups is 2. The Morgan fingerprint density at radius 3 is 2.56 bits per heavy atom. The zero-order valence-electron chi connectivity index (χ0n) is 14.1. The standard InChI is InChI=1S/C18H20FN3O3/c1-12-20-21-18(25-12)13-8-10-22(11-9-13)17(24)7-6-16(23)14-4-2-3-5-15(14)19/h2-5,13H,6-11H2,1H3. The van der Waals surface area contributed by atoms with Crippen molar-refractivity contribution in [3.63, 3.8) is 0 Å². The maximum atomic E-state index is 13.6. The van der Waals surface area contributed by atoms with Gasteiger partial charge in [-0.25, -0.2) is 4.39 Å². The number of nitrogens with zero attached hydrogens (tertiary/aromatic N) is 3. The second-order valence-electron chi connectivity index (χ2n) is 6.22. The average molecular weight is 345 g/mol. The van der Waals surface area contributed by atoms with E-state index in [9.17, 15) is 14.0 Å². The van der Waals surface area contributed by atoms with E-state index in [2.05, 4.69) is 10.2 Å². The summed E-state index contributed by atoms with van der Waals surface area (Å²) >= 11 is 0. The summed E-state index contributed by atoms with van der Waals surface area (Å²) in [5.74, 6) is 0.368. The fraction of sp³-hybridized carbons (Fsp3) is 0.444. The largest absolute Gasteiger partial charge is 0.425 e. The van der Waals surface area contributed by atoms with Crippen LogP contribution in [0.4, 0.5) is 4.39 Å². The summed E-state index contributed by atoms with van der Waals surface area (Å²) in [4.78, 5) is 26.1. The van der Waals surface area contributed by atoms with Gasteiger partial charge >= 0.3 is 0 Å². The molecule has 0 atom stereocenters. The van der Waals surface area contributed by atoms with Gasteiger partial charge in [-0.05, 0) is 25.0 Å². The second kappa shape index (κ2) is 7.55. The summed E-state index contributed by atoms with van der Waals surface area (Å²) in [6, 6.07) is 5.84. The van der Waals surface area contributed by atoms with E-state index < -0.39 is 5.82 Å². The SMILES string of the molecule is Cc1nnc(C2CCN(C(=O)CCC(=O)c3ccccc3F)CC2)o1. The Morgan fingerprint density at radius 2 is 1.92 bits per heavy atom. The molecule has 1 saturated heterocycles. The molecule has 1 aromatic carbocycles. The molecule has 132 valence electrons. The van der Waals surface area contributed by atoms with E-state index in [0.29, 0.717) is 24.9 Å². The molecule has 3 rings (SSSR count). The highest BCUT2D eigenvalue weighted by Crippen LogP contribution is 2.27. The second-order valence-corrected chi connectivity index (χ2v) is 6.22. The van der Waals surface area contributed by atoms with E-state index in [-0.39, 0.29) is 36.0 Å². The molecular weight excluding hydrogens is 325 g/mol.